The predicted molar refractivity (Wildman–Crippen MR) is 106 cm³/mol. The number of carboxylic acids is 2. The van der Waals surface area contributed by atoms with Crippen LogP contribution in [-0.2, 0) is 19.2 Å². The van der Waals surface area contributed by atoms with Gasteiger partial charge in [-0.15, -0.1) is 0 Å². The summed E-state index contributed by atoms with van der Waals surface area (Å²) in [6, 6.07) is 4.00. The summed E-state index contributed by atoms with van der Waals surface area (Å²) in [5.41, 5.74) is 5.60. The van der Waals surface area contributed by atoms with Crippen LogP contribution in [0.5, 0.6) is 0 Å². The highest BCUT2D eigenvalue weighted by Crippen LogP contribution is 2.12. The molecule has 1 aromatic carbocycles. The number of nitrogens with two attached hydrogens (primary N) is 1. The van der Waals surface area contributed by atoms with Gasteiger partial charge in [0, 0.05) is 24.3 Å². The van der Waals surface area contributed by atoms with Crippen LogP contribution in [0, 0.1) is 5.41 Å². The zero-order chi connectivity index (χ0) is 23.1. The van der Waals surface area contributed by atoms with Gasteiger partial charge in [0.25, 0.3) is 5.91 Å². The third kappa shape index (κ3) is 6.69. The number of nitrogens with one attached hydrogen (secondary N) is 3. The molecule has 3 amide bonds. The van der Waals surface area contributed by atoms with Crippen LogP contribution in [0.2, 0.25) is 0 Å². The van der Waals surface area contributed by atoms with Gasteiger partial charge in [-0.05, 0) is 18.2 Å². The van der Waals surface area contributed by atoms with Crippen LogP contribution in [-0.4, -0.2) is 87.9 Å². The van der Waals surface area contributed by atoms with Gasteiger partial charge in [0.05, 0.1) is 19.5 Å². The lowest BCUT2D eigenvalue weighted by Crippen LogP contribution is -2.55. The molecule has 0 radical (unpaired) electrons. The van der Waals surface area contributed by atoms with E-state index in [-0.39, 0.29) is 42.8 Å². The number of guanidine groups is 1. The van der Waals surface area contributed by atoms with Crippen LogP contribution < -0.4 is 16.4 Å². The van der Waals surface area contributed by atoms with E-state index in [1.54, 1.807) is 0 Å². The van der Waals surface area contributed by atoms with Crippen molar-refractivity contribution in [3.05, 3.63) is 29.8 Å². The number of hydrogen-bond acceptors (Lipinski definition) is 6. The van der Waals surface area contributed by atoms with Crippen molar-refractivity contribution in [2.24, 2.45) is 5.73 Å². The largest absolute Gasteiger partial charge is 0.481 e. The Hall–Kier alpha value is -4.16. The summed E-state index contributed by atoms with van der Waals surface area (Å²) in [6.45, 7) is 0.208. The monoisotopic (exact) mass is 434 g/mol. The summed E-state index contributed by atoms with van der Waals surface area (Å²) in [5.74, 6) is -4.79. The number of aliphatic carboxylic acids is 2. The van der Waals surface area contributed by atoms with Crippen LogP contribution in [0.4, 0.5) is 5.69 Å². The minimum absolute atomic E-state index is 0.0144. The molecule has 0 unspecified atom stereocenters. The molecule has 7 N–H and O–H groups in total. The molecule has 0 aliphatic carbocycles. The first-order valence-corrected chi connectivity index (χ1v) is 9.09. The summed E-state index contributed by atoms with van der Waals surface area (Å²) in [4.78, 5) is 61.2. The van der Waals surface area contributed by atoms with Crippen molar-refractivity contribution in [3.63, 3.8) is 0 Å². The van der Waals surface area contributed by atoms with Crippen molar-refractivity contribution in [1.82, 2.24) is 15.1 Å². The third-order valence-electron chi connectivity index (χ3n) is 4.38. The first kappa shape index (κ1) is 23.1. The lowest BCUT2D eigenvalue weighted by atomic mass is 10.1. The Balaban J connectivity index is 1.97. The van der Waals surface area contributed by atoms with Gasteiger partial charge in [0.1, 0.15) is 6.04 Å². The Morgan fingerprint density at radius 3 is 2.48 bits per heavy atom. The van der Waals surface area contributed by atoms with E-state index in [1.165, 1.54) is 34.1 Å². The first-order valence-electron chi connectivity index (χ1n) is 9.09. The Labute approximate surface area is 176 Å². The summed E-state index contributed by atoms with van der Waals surface area (Å²) in [6.07, 6.45) is -0.789. The molecule has 0 saturated carbocycles. The highest BCUT2D eigenvalue weighted by Gasteiger charge is 2.26. The van der Waals surface area contributed by atoms with E-state index in [0.717, 1.165) is 0 Å². The van der Waals surface area contributed by atoms with Crippen LogP contribution in [0.15, 0.2) is 24.3 Å². The zero-order valence-electron chi connectivity index (χ0n) is 16.3. The van der Waals surface area contributed by atoms with Crippen molar-refractivity contribution in [1.29, 1.82) is 5.41 Å². The molecule has 166 valence electrons. The number of amides is 3. The fourth-order valence-corrected chi connectivity index (χ4v) is 2.81. The number of rotatable bonds is 8. The minimum Gasteiger partial charge on any atom is -0.481 e. The zero-order valence-corrected chi connectivity index (χ0v) is 16.3. The fraction of sp³-hybridized carbons (Fsp3) is 0.333. The van der Waals surface area contributed by atoms with Crippen LogP contribution >= 0.6 is 0 Å². The number of carbonyl (C=O) groups is 5. The van der Waals surface area contributed by atoms with Gasteiger partial charge in [-0.2, -0.15) is 0 Å². The molecule has 1 fully saturated rings. The average molecular weight is 434 g/mol. The van der Waals surface area contributed by atoms with Crippen molar-refractivity contribution in [3.8, 4) is 0 Å². The van der Waals surface area contributed by atoms with Crippen molar-refractivity contribution >= 4 is 41.3 Å². The second kappa shape index (κ2) is 10.0. The Morgan fingerprint density at radius 1 is 1.19 bits per heavy atom. The molecule has 13 heteroatoms. The smallest absolute Gasteiger partial charge is 0.326 e. The number of hydrogen-bond donors (Lipinski definition) is 6. The van der Waals surface area contributed by atoms with Crippen LogP contribution in [0.1, 0.15) is 16.8 Å². The van der Waals surface area contributed by atoms with Crippen molar-refractivity contribution < 1.29 is 34.2 Å². The molecule has 2 rings (SSSR count). The summed E-state index contributed by atoms with van der Waals surface area (Å²) < 4.78 is 0. The number of anilines is 1. The normalized spacial score (nSPS) is 14.5. The standard InChI is InChI=1S/C18H22N6O7/c19-18(20)24-5-4-23(14(26)9-24)8-13(25)21-11-3-1-2-10(6-11)16(29)22-12(17(30)31)7-15(27)28/h1-3,6,12H,4-5,7-9H2,(H3,19,20)(H,21,25)(H,22,29)(H,27,28)(H,30,31)/t12-/m0/s1. The first-order chi connectivity index (χ1) is 14.6. The fourth-order valence-electron chi connectivity index (χ4n) is 2.81. The summed E-state index contributed by atoms with van der Waals surface area (Å²) >= 11 is 0. The molecular formula is C18H22N6O7. The number of nitrogens with zero attached hydrogens (tertiary/aromatic N) is 2. The van der Waals surface area contributed by atoms with Gasteiger partial charge in [0.15, 0.2) is 5.96 Å². The minimum atomic E-state index is -1.61. The molecule has 13 nitrogen and oxygen atoms in total. The van der Waals surface area contributed by atoms with E-state index in [1.807, 2.05) is 0 Å². The van der Waals surface area contributed by atoms with E-state index >= 15 is 0 Å². The van der Waals surface area contributed by atoms with Crippen molar-refractivity contribution in [2.45, 2.75) is 12.5 Å². The average Bonchev–Trinajstić information content (AvgIpc) is 2.68. The van der Waals surface area contributed by atoms with Gasteiger partial charge < -0.3 is 36.4 Å². The van der Waals surface area contributed by atoms with Gasteiger partial charge in [-0.1, -0.05) is 6.07 Å². The van der Waals surface area contributed by atoms with Gasteiger partial charge in [-0.3, -0.25) is 24.6 Å². The maximum atomic E-state index is 12.3. The van der Waals surface area contributed by atoms with Crippen molar-refractivity contribution in [2.75, 3.05) is 31.5 Å². The van der Waals surface area contributed by atoms with Crippen LogP contribution in [0.3, 0.4) is 0 Å². The Kier molecular flexibility index (Phi) is 7.49. The molecule has 0 spiro atoms. The molecule has 0 aromatic heterocycles. The van der Waals surface area contributed by atoms with E-state index in [9.17, 15) is 24.0 Å². The molecular weight excluding hydrogens is 412 g/mol. The SMILES string of the molecule is N=C(N)N1CCN(CC(=O)Nc2cccc(C(=O)N[C@@H](CC(=O)O)C(=O)O)c2)C(=O)C1. The number of piperazine rings is 1. The lowest BCUT2D eigenvalue weighted by Gasteiger charge is -2.34. The molecule has 1 atom stereocenters. The van der Waals surface area contributed by atoms with E-state index in [0.29, 0.717) is 6.54 Å². The Morgan fingerprint density at radius 2 is 1.90 bits per heavy atom. The highest BCUT2D eigenvalue weighted by molar-refractivity contribution is 6.00. The molecule has 31 heavy (non-hydrogen) atoms. The van der Waals surface area contributed by atoms with Crippen LogP contribution in [0.25, 0.3) is 0 Å². The molecule has 1 aromatic rings. The predicted octanol–water partition coefficient (Wildman–Crippen LogP) is -1.68. The molecule has 1 aliphatic heterocycles. The highest BCUT2D eigenvalue weighted by atomic mass is 16.4. The third-order valence-corrected chi connectivity index (χ3v) is 4.38. The molecule has 1 aliphatic rings. The maximum Gasteiger partial charge on any atom is 0.326 e. The lowest BCUT2D eigenvalue weighted by molar-refractivity contribution is -0.145. The number of carbonyl (C=O) groups excluding carboxylic acids is 3. The topological polar surface area (TPSA) is 206 Å². The summed E-state index contributed by atoms with van der Waals surface area (Å²) in [5, 5.41) is 29.8. The number of benzene rings is 1. The second-order valence-corrected chi connectivity index (χ2v) is 6.71. The second-order valence-electron chi connectivity index (χ2n) is 6.71. The Bertz CT molecular complexity index is 918. The van der Waals surface area contributed by atoms with Gasteiger partial charge in [0.2, 0.25) is 11.8 Å². The van der Waals surface area contributed by atoms with E-state index in [4.69, 9.17) is 21.4 Å². The van der Waals surface area contributed by atoms with Gasteiger partial charge in [-0.25, -0.2) is 4.79 Å². The maximum absolute atomic E-state index is 12.3. The number of carboxylic acid groups (broad SMARTS) is 2. The molecule has 1 saturated heterocycles. The van der Waals surface area contributed by atoms with E-state index < -0.39 is 36.2 Å². The van der Waals surface area contributed by atoms with E-state index in [2.05, 4.69) is 10.6 Å². The van der Waals surface area contributed by atoms with Gasteiger partial charge >= 0.3 is 11.9 Å². The molecule has 1 heterocycles. The summed E-state index contributed by atoms with van der Waals surface area (Å²) in [7, 11) is 0. The molecule has 0 bridgehead atoms. The quantitative estimate of drug-likeness (QED) is 0.204.